The Labute approximate surface area is 204 Å². The minimum absolute atomic E-state index is 0.0566. The van der Waals surface area contributed by atoms with Gasteiger partial charge in [-0.15, -0.1) is 0 Å². The van der Waals surface area contributed by atoms with Gasteiger partial charge in [0.2, 0.25) is 11.8 Å². The Kier molecular flexibility index (Phi) is 7.60. The summed E-state index contributed by atoms with van der Waals surface area (Å²) in [4.78, 5) is 26.7. The maximum atomic E-state index is 12.6. The standard InChI is InChI=1S/C27H26ClN3O3/c1-2-19-8-12-24(13-9-19)31-17-22(15-26(31)32)27(33)30-29-16-21-4-3-5-25(14-21)34-18-20-6-10-23(28)11-7-20/h3-14,16,22H,2,15,17-18H2,1H3,(H,30,33)/b29-16+/t22-/m0/s1. The number of ether oxygens (including phenoxy) is 1. The minimum Gasteiger partial charge on any atom is -0.489 e. The molecule has 34 heavy (non-hydrogen) atoms. The topological polar surface area (TPSA) is 71.0 Å². The molecule has 0 unspecified atom stereocenters. The molecule has 3 aromatic carbocycles. The maximum Gasteiger partial charge on any atom is 0.245 e. The number of carbonyl (C=O) groups excluding carboxylic acids is 2. The van der Waals surface area contributed by atoms with Crippen LogP contribution in [-0.4, -0.2) is 24.6 Å². The summed E-state index contributed by atoms with van der Waals surface area (Å²) in [6.07, 6.45) is 2.67. The first kappa shape index (κ1) is 23.5. The van der Waals surface area contributed by atoms with Gasteiger partial charge in [0.05, 0.1) is 12.1 Å². The number of anilines is 1. The third kappa shape index (κ3) is 6.02. The second-order valence-electron chi connectivity index (χ2n) is 8.15. The van der Waals surface area contributed by atoms with E-state index in [-0.39, 0.29) is 18.2 Å². The maximum absolute atomic E-state index is 12.6. The smallest absolute Gasteiger partial charge is 0.245 e. The van der Waals surface area contributed by atoms with Crippen LogP contribution in [-0.2, 0) is 22.6 Å². The van der Waals surface area contributed by atoms with E-state index in [0.29, 0.717) is 23.9 Å². The molecule has 1 atom stereocenters. The lowest BCUT2D eigenvalue weighted by atomic mass is 10.1. The number of rotatable bonds is 8. The van der Waals surface area contributed by atoms with Crippen LogP contribution in [0, 0.1) is 5.92 Å². The van der Waals surface area contributed by atoms with E-state index in [1.165, 1.54) is 5.56 Å². The van der Waals surface area contributed by atoms with E-state index in [1.54, 1.807) is 11.1 Å². The molecule has 0 aliphatic carbocycles. The van der Waals surface area contributed by atoms with E-state index in [1.807, 2.05) is 72.8 Å². The number of hydrogen-bond acceptors (Lipinski definition) is 4. The number of hydrogen-bond donors (Lipinski definition) is 1. The second kappa shape index (κ2) is 11.0. The van der Waals surface area contributed by atoms with Crippen LogP contribution in [0.4, 0.5) is 5.69 Å². The quantitative estimate of drug-likeness (QED) is 0.369. The summed E-state index contributed by atoms with van der Waals surface area (Å²) in [6, 6.07) is 22.8. The molecule has 0 saturated carbocycles. The van der Waals surface area contributed by atoms with Gasteiger partial charge in [-0.05, 0) is 59.5 Å². The summed E-state index contributed by atoms with van der Waals surface area (Å²) in [5, 5.41) is 4.76. The van der Waals surface area contributed by atoms with Crippen molar-refractivity contribution >= 4 is 35.3 Å². The molecule has 6 nitrogen and oxygen atoms in total. The fourth-order valence-electron chi connectivity index (χ4n) is 3.74. The zero-order valence-corrected chi connectivity index (χ0v) is 19.7. The van der Waals surface area contributed by atoms with Crippen molar-refractivity contribution in [3.8, 4) is 5.75 Å². The van der Waals surface area contributed by atoms with Crippen molar-refractivity contribution in [3.05, 3.63) is 94.5 Å². The number of nitrogens with one attached hydrogen (secondary N) is 1. The molecular formula is C27H26ClN3O3. The summed E-state index contributed by atoms with van der Waals surface area (Å²) in [6.45, 7) is 2.85. The number of hydrazone groups is 1. The minimum atomic E-state index is -0.440. The first-order chi connectivity index (χ1) is 16.5. The van der Waals surface area contributed by atoms with E-state index < -0.39 is 5.92 Å². The van der Waals surface area contributed by atoms with Gasteiger partial charge in [0, 0.05) is 23.7 Å². The Balaban J connectivity index is 1.30. The van der Waals surface area contributed by atoms with Crippen LogP contribution in [0.1, 0.15) is 30.0 Å². The molecule has 1 fully saturated rings. The van der Waals surface area contributed by atoms with Crippen LogP contribution in [0.2, 0.25) is 5.02 Å². The Morgan fingerprint density at radius 2 is 1.85 bits per heavy atom. The number of nitrogens with zero attached hydrogens (tertiary/aromatic N) is 2. The Morgan fingerprint density at radius 1 is 1.12 bits per heavy atom. The molecule has 1 aliphatic rings. The Morgan fingerprint density at radius 3 is 2.59 bits per heavy atom. The Hall–Kier alpha value is -3.64. The van der Waals surface area contributed by atoms with Gasteiger partial charge in [0.25, 0.3) is 0 Å². The predicted octanol–water partition coefficient (Wildman–Crippen LogP) is 4.98. The highest BCUT2D eigenvalue weighted by atomic mass is 35.5. The van der Waals surface area contributed by atoms with Crippen LogP contribution < -0.4 is 15.1 Å². The fourth-order valence-corrected chi connectivity index (χ4v) is 3.86. The normalized spacial score (nSPS) is 15.6. The first-order valence-corrected chi connectivity index (χ1v) is 11.6. The second-order valence-corrected chi connectivity index (χ2v) is 8.58. The lowest BCUT2D eigenvalue weighted by Crippen LogP contribution is -2.30. The number of benzene rings is 3. The van der Waals surface area contributed by atoms with Crippen molar-refractivity contribution < 1.29 is 14.3 Å². The summed E-state index contributed by atoms with van der Waals surface area (Å²) < 4.78 is 5.83. The first-order valence-electron chi connectivity index (χ1n) is 11.2. The molecule has 0 spiro atoms. The number of aryl methyl sites for hydroxylation is 1. The van der Waals surface area contributed by atoms with Crippen molar-refractivity contribution in [1.82, 2.24) is 5.43 Å². The molecule has 1 heterocycles. The SMILES string of the molecule is CCc1ccc(N2C[C@@H](C(=O)N/N=C/c3cccc(OCc4ccc(Cl)cc4)c3)CC2=O)cc1. The number of halogens is 1. The summed E-state index contributed by atoms with van der Waals surface area (Å²) in [7, 11) is 0. The molecule has 0 aromatic heterocycles. The van der Waals surface area contributed by atoms with Crippen LogP contribution in [0.25, 0.3) is 0 Å². The van der Waals surface area contributed by atoms with Crippen LogP contribution in [0.5, 0.6) is 5.75 Å². The van der Waals surface area contributed by atoms with Gasteiger partial charge in [0.15, 0.2) is 0 Å². The molecule has 1 saturated heterocycles. The monoisotopic (exact) mass is 475 g/mol. The van der Waals surface area contributed by atoms with Crippen molar-refractivity contribution in [3.63, 3.8) is 0 Å². The van der Waals surface area contributed by atoms with Crippen LogP contribution in [0.15, 0.2) is 77.9 Å². The van der Waals surface area contributed by atoms with E-state index in [4.69, 9.17) is 16.3 Å². The van der Waals surface area contributed by atoms with Crippen molar-refractivity contribution in [2.75, 3.05) is 11.4 Å². The molecule has 0 radical (unpaired) electrons. The fraction of sp³-hybridized carbons (Fsp3) is 0.222. The summed E-state index contributed by atoms with van der Waals surface area (Å²) in [5.74, 6) is -0.0766. The van der Waals surface area contributed by atoms with E-state index in [2.05, 4.69) is 17.5 Å². The molecule has 2 amide bonds. The van der Waals surface area contributed by atoms with E-state index in [9.17, 15) is 9.59 Å². The zero-order valence-electron chi connectivity index (χ0n) is 18.9. The van der Waals surface area contributed by atoms with E-state index in [0.717, 1.165) is 23.2 Å². The van der Waals surface area contributed by atoms with Crippen molar-refractivity contribution in [1.29, 1.82) is 0 Å². The Bertz CT molecular complexity index is 1180. The molecule has 7 heteroatoms. The molecule has 0 bridgehead atoms. The third-order valence-electron chi connectivity index (χ3n) is 5.72. The van der Waals surface area contributed by atoms with Gasteiger partial charge >= 0.3 is 0 Å². The van der Waals surface area contributed by atoms with E-state index >= 15 is 0 Å². The van der Waals surface area contributed by atoms with Crippen LogP contribution in [0.3, 0.4) is 0 Å². The molecule has 4 rings (SSSR count). The lowest BCUT2D eigenvalue weighted by molar-refractivity contribution is -0.126. The molecule has 1 aliphatic heterocycles. The highest BCUT2D eigenvalue weighted by molar-refractivity contribution is 6.30. The van der Waals surface area contributed by atoms with Crippen LogP contribution >= 0.6 is 11.6 Å². The van der Waals surface area contributed by atoms with Gasteiger partial charge in [-0.2, -0.15) is 5.10 Å². The highest BCUT2D eigenvalue weighted by Crippen LogP contribution is 2.25. The zero-order chi connectivity index (χ0) is 23.9. The number of carbonyl (C=O) groups is 2. The van der Waals surface area contributed by atoms with Gasteiger partial charge in [-0.25, -0.2) is 5.43 Å². The summed E-state index contributed by atoms with van der Waals surface area (Å²) in [5.41, 5.74) is 6.39. The predicted molar refractivity (Wildman–Crippen MR) is 134 cm³/mol. The lowest BCUT2D eigenvalue weighted by Gasteiger charge is -2.16. The largest absolute Gasteiger partial charge is 0.489 e. The molecule has 1 N–H and O–H groups in total. The average molecular weight is 476 g/mol. The number of amides is 2. The molecule has 174 valence electrons. The van der Waals surface area contributed by atoms with Gasteiger partial charge in [-0.1, -0.05) is 54.9 Å². The van der Waals surface area contributed by atoms with Gasteiger partial charge in [0.1, 0.15) is 12.4 Å². The van der Waals surface area contributed by atoms with Gasteiger partial charge < -0.3 is 9.64 Å². The summed E-state index contributed by atoms with van der Waals surface area (Å²) >= 11 is 5.91. The average Bonchev–Trinajstić information content (AvgIpc) is 3.25. The molecule has 3 aromatic rings. The molecular weight excluding hydrogens is 450 g/mol. The van der Waals surface area contributed by atoms with Crippen molar-refractivity contribution in [2.45, 2.75) is 26.4 Å². The third-order valence-corrected chi connectivity index (χ3v) is 5.97. The van der Waals surface area contributed by atoms with Gasteiger partial charge in [-0.3, -0.25) is 9.59 Å². The highest BCUT2D eigenvalue weighted by Gasteiger charge is 2.35. The van der Waals surface area contributed by atoms with Crippen molar-refractivity contribution in [2.24, 2.45) is 11.0 Å².